The predicted octanol–water partition coefficient (Wildman–Crippen LogP) is 2.41. The number of amides is 1. The molecule has 0 bridgehead atoms. The maximum absolute atomic E-state index is 11.7. The third-order valence-electron chi connectivity index (χ3n) is 1.88. The molecule has 0 saturated carbocycles. The van der Waals surface area contributed by atoms with Crippen molar-refractivity contribution in [2.24, 2.45) is 0 Å². The molecule has 1 aromatic carbocycles. The van der Waals surface area contributed by atoms with Crippen LogP contribution in [-0.2, 0) is 9.05 Å². The van der Waals surface area contributed by atoms with Crippen molar-refractivity contribution in [1.29, 1.82) is 0 Å². The van der Waals surface area contributed by atoms with Crippen LogP contribution in [0.2, 0.25) is 5.02 Å². The topological polar surface area (TPSA) is 63.2 Å². The zero-order valence-electron chi connectivity index (χ0n) is 9.20. The third-order valence-corrected chi connectivity index (χ3v) is 3.68. The number of rotatable bonds is 3. The average molecular weight is 296 g/mol. The highest BCUT2D eigenvalue weighted by atomic mass is 35.7. The molecule has 1 aromatic rings. The number of benzene rings is 1. The van der Waals surface area contributed by atoms with Gasteiger partial charge in [-0.25, -0.2) is 8.42 Å². The molecule has 1 amide bonds. The summed E-state index contributed by atoms with van der Waals surface area (Å²) in [5.74, 6) is -0.377. The second-order valence-corrected chi connectivity index (χ2v) is 6.65. The molecule has 0 unspecified atom stereocenters. The molecule has 1 rings (SSSR count). The SMILES string of the molecule is CC(C)NC(=O)c1ccc(Cl)c(S(=O)(=O)Cl)c1. The second kappa shape index (κ2) is 5.25. The van der Waals surface area contributed by atoms with E-state index in [1.165, 1.54) is 12.1 Å². The van der Waals surface area contributed by atoms with E-state index in [1.54, 1.807) is 13.8 Å². The standard InChI is InChI=1S/C10H11Cl2NO3S/c1-6(2)13-10(14)7-3-4-8(11)9(5-7)17(12,15)16/h3-6H,1-2H3,(H,13,14). The molecular weight excluding hydrogens is 285 g/mol. The molecule has 0 aromatic heterocycles. The fraction of sp³-hybridized carbons (Fsp3) is 0.300. The first-order valence-electron chi connectivity index (χ1n) is 4.77. The summed E-state index contributed by atoms with van der Waals surface area (Å²) in [6.07, 6.45) is 0. The minimum Gasteiger partial charge on any atom is -0.350 e. The maximum atomic E-state index is 11.7. The van der Waals surface area contributed by atoms with Crippen LogP contribution in [0.15, 0.2) is 23.1 Å². The summed E-state index contributed by atoms with van der Waals surface area (Å²) in [5.41, 5.74) is 0.197. The lowest BCUT2D eigenvalue weighted by molar-refractivity contribution is 0.0943. The summed E-state index contributed by atoms with van der Waals surface area (Å²) < 4.78 is 22.4. The van der Waals surface area contributed by atoms with Crippen molar-refractivity contribution in [1.82, 2.24) is 5.32 Å². The summed E-state index contributed by atoms with van der Waals surface area (Å²) in [5, 5.41) is 2.62. The Morgan fingerprint density at radius 2 is 1.94 bits per heavy atom. The lowest BCUT2D eigenvalue weighted by atomic mass is 10.2. The van der Waals surface area contributed by atoms with E-state index in [2.05, 4.69) is 5.32 Å². The lowest BCUT2D eigenvalue weighted by Gasteiger charge is -2.09. The van der Waals surface area contributed by atoms with Crippen molar-refractivity contribution in [3.63, 3.8) is 0 Å². The summed E-state index contributed by atoms with van der Waals surface area (Å²) in [6, 6.07) is 3.87. The normalized spacial score (nSPS) is 11.6. The highest BCUT2D eigenvalue weighted by molar-refractivity contribution is 8.13. The predicted molar refractivity (Wildman–Crippen MR) is 67.1 cm³/mol. The Kier molecular flexibility index (Phi) is 4.41. The van der Waals surface area contributed by atoms with Crippen molar-refractivity contribution < 1.29 is 13.2 Å². The summed E-state index contributed by atoms with van der Waals surface area (Å²) in [7, 11) is 1.24. The van der Waals surface area contributed by atoms with Crippen LogP contribution in [0.1, 0.15) is 24.2 Å². The first-order valence-corrected chi connectivity index (χ1v) is 7.45. The van der Waals surface area contributed by atoms with Crippen LogP contribution in [0.25, 0.3) is 0 Å². The largest absolute Gasteiger partial charge is 0.350 e. The molecule has 1 N–H and O–H groups in total. The van der Waals surface area contributed by atoms with Gasteiger partial charge in [0.25, 0.3) is 15.0 Å². The molecule has 0 aliphatic carbocycles. The van der Waals surface area contributed by atoms with E-state index in [0.29, 0.717) is 0 Å². The highest BCUT2D eigenvalue weighted by Crippen LogP contribution is 2.25. The lowest BCUT2D eigenvalue weighted by Crippen LogP contribution is -2.30. The van der Waals surface area contributed by atoms with Gasteiger partial charge in [0.1, 0.15) is 4.90 Å². The van der Waals surface area contributed by atoms with Crippen LogP contribution >= 0.6 is 22.3 Å². The summed E-state index contributed by atoms with van der Waals surface area (Å²) in [6.45, 7) is 3.60. The molecule has 0 saturated heterocycles. The fourth-order valence-electron chi connectivity index (χ4n) is 1.18. The van der Waals surface area contributed by atoms with E-state index in [1.807, 2.05) is 0 Å². The Labute approximate surface area is 109 Å². The molecule has 0 spiro atoms. The van der Waals surface area contributed by atoms with Crippen molar-refractivity contribution >= 4 is 37.2 Å². The molecule has 0 radical (unpaired) electrons. The van der Waals surface area contributed by atoms with E-state index >= 15 is 0 Å². The van der Waals surface area contributed by atoms with Crippen molar-refractivity contribution in [2.45, 2.75) is 24.8 Å². The van der Waals surface area contributed by atoms with Crippen molar-refractivity contribution in [3.8, 4) is 0 Å². The van der Waals surface area contributed by atoms with Crippen LogP contribution in [-0.4, -0.2) is 20.4 Å². The van der Waals surface area contributed by atoms with Gasteiger partial charge >= 0.3 is 0 Å². The molecule has 0 aliphatic heterocycles. The van der Waals surface area contributed by atoms with Crippen LogP contribution in [0, 0.1) is 0 Å². The number of hydrogen-bond acceptors (Lipinski definition) is 3. The minimum absolute atomic E-state index is 0.0129. The van der Waals surface area contributed by atoms with Gasteiger partial charge in [-0.05, 0) is 32.0 Å². The quantitative estimate of drug-likeness (QED) is 0.871. The van der Waals surface area contributed by atoms with E-state index in [9.17, 15) is 13.2 Å². The summed E-state index contributed by atoms with van der Waals surface area (Å²) in [4.78, 5) is 11.4. The molecular formula is C10H11Cl2NO3S. The van der Waals surface area contributed by atoms with E-state index in [-0.39, 0.29) is 27.4 Å². The van der Waals surface area contributed by atoms with Gasteiger partial charge < -0.3 is 5.32 Å². The minimum atomic E-state index is -3.96. The first-order chi connectivity index (χ1) is 7.71. The van der Waals surface area contributed by atoms with Gasteiger partial charge in [-0.15, -0.1) is 0 Å². The van der Waals surface area contributed by atoms with Gasteiger partial charge in [-0.3, -0.25) is 4.79 Å². The zero-order chi connectivity index (χ0) is 13.2. The van der Waals surface area contributed by atoms with Crippen LogP contribution in [0.5, 0.6) is 0 Å². The third kappa shape index (κ3) is 3.87. The number of carbonyl (C=O) groups is 1. The van der Waals surface area contributed by atoms with Crippen LogP contribution in [0.4, 0.5) is 0 Å². The van der Waals surface area contributed by atoms with Crippen LogP contribution < -0.4 is 5.32 Å². The first kappa shape index (κ1) is 14.3. The Morgan fingerprint density at radius 1 is 1.35 bits per heavy atom. The van der Waals surface area contributed by atoms with E-state index in [4.69, 9.17) is 22.3 Å². The van der Waals surface area contributed by atoms with Crippen molar-refractivity contribution in [2.75, 3.05) is 0 Å². The van der Waals surface area contributed by atoms with Gasteiger partial charge in [-0.1, -0.05) is 11.6 Å². The van der Waals surface area contributed by atoms with E-state index in [0.717, 1.165) is 6.07 Å². The zero-order valence-corrected chi connectivity index (χ0v) is 11.5. The number of nitrogens with one attached hydrogen (secondary N) is 1. The monoisotopic (exact) mass is 295 g/mol. The van der Waals surface area contributed by atoms with Crippen molar-refractivity contribution in [3.05, 3.63) is 28.8 Å². The molecule has 17 heavy (non-hydrogen) atoms. The maximum Gasteiger partial charge on any atom is 0.262 e. The Bertz CT molecular complexity index is 540. The summed E-state index contributed by atoms with van der Waals surface area (Å²) >= 11 is 5.70. The van der Waals surface area contributed by atoms with Crippen LogP contribution in [0.3, 0.4) is 0 Å². The highest BCUT2D eigenvalue weighted by Gasteiger charge is 2.17. The number of hydrogen-bond donors (Lipinski definition) is 1. The molecule has 4 nitrogen and oxygen atoms in total. The average Bonchev–Trinajstić information content (AvgIpc) is 2.15. The Morgan fingerprint density at radius 3 is 2.41 bits per heavy atom. The van der Waals surface area contributed by atoms with E-state index < -0.39 is 9.05 Å². The Balaban J connectivity index is 3.18. The van der Waals surface area contributed by atoms with Gasteiger partial charge in [0, 0.05) is 22.3 Å². The van der Waals surface area contributed by atoms with Gasteiger partial charge in [0.05, 0.1) is 5.02 Å². The smallest absolute Gasteiger partial charge is 0.262 e. The molecule has 0 fully saturated rings. The molecule has 7 heteroatoms. The molecule has 94 valence electrons. The fourth-order valence-corrected chi connectivity index (χ4v) is 2.67. The van der Waals surface area contributed by atoms with Gasteiger partial charge in [0.15, 0.2) is 0 Å². The number of carbonyl (C=O) groups excluding carboxylic acids is 1. The molecule has 0 aliphatic rings. The molecule has 0 heterocycles. The Hall–Kier alpha value is -0.780. The second-order valence-electron chi connectivity index (χ2n) is 3.71. The molecule has 0 atom stereocenters. The van der Waals surface area contributed by atoms with Gasteiger partial charge in [-0.2, -0.15) is 0 Å². The number of halogens is 2. The van der Waals surface area contributed by atoms with Gasteiger partial charge in [0.2, 0.25) is 0 Å².